The smallest absolute Gasteiger partial charge is 0.183 e. The zero-order valence-corrected chi connectivity index (χ0v) is 14.3. The van der Waals surface area contributed by atoms with Crippen molar-refractivity contribution in [2.24, 2.45) is 0 Å². The monoisotopic (exact) mass is 341 g/mol. The first-order chi connectivity index (χ1) is 11.7. The lowest BCUT2D eigenvalue weighted by molar-refractivity contribution is 0.208. The van der Waals surface area contributed by atoms with Crippen LogP contribution < -0.4 is 5.32 Å². The van der Waals surface area contributed by atoms with Crippen LogP contribution in [-0.4, -0.2) is 37.7 Å². The van der Waals surface area contributed by atoms with Gasteiger partial charge in [0.2, 0.25) is 0 Å². The molecule has 0 aliphatic heterocycles. The lowest BCUT2D eigenvalue weighted by Crippen LogP contribution is -2.17. The molecule has 0 fully saturated rings. The summed E-state index contributed by atoms with van der Waals surface area (Å²) in [6, 6.07) is 0. The maximum absolute atomic E-state index is 9.64. The number of aromatic nitrogens is 4. The van der Waals surface area contributed by atoms with Gasteiger partial charge in [-0.15, -0.1) is 11.3 Å². The van der Waals surface area contributed by atoms with Gasteiger partial charge in [-0.1, -0.05) is 0 Å². The Hall–Kier alpha value is -2.12. The van der Waals surface area contributed by atoms with Crippen LogP contribution in [0.25, 0.3) is 21.7 Å². The Morgan fingerprint density at radius 2 is 2.12 bits per heavy atom. The Labute approximate surface area is 144 Å². The molecule has 0 bridgehead atoms. The second kappa shape index (κ2) is 6.41. The van der Waals surface area contributed by atoms with E-state index in [2.05, 4.69) is 15.3 Å². The molecule has 1 aliphatic carbocycles. The highest BCUT2D eigenvalue weighted by Crippen LogP contribution is 2.39. The van der Waals surface area contributed by atoms with Crippen LogP contribution in [0.4, 0.5) is 5.82 Å². The Balaban J connectivity index is 1.88. The predicted molar refractivity (Wildman–Crippen MR) is 95.3 cm³/mol. The minimum atomic E-state index is -0.440. The molecule has 1 atom stereocenters. The largest absolute Gasteiger partial charge is 0.392 e. The van der Waals surface area contributed by atoms with Gasteiger partial charge in [-0.05, 0) is 38.2 Å². The van der Waals surface area contributed by atoms with Crippen molar-refractivity contribution < 1.29 is 5.11 Å². The van der Waals surface area contributed by atoms with Crippen molar-refractivity contribution in [1.29, 1.82) is 0 Å². The first kappa shape index (κ1) is 15.4. The molecule has 0 spiro atoms. The Bertz CT molecular complexity index is 862. The maximum atomic E-state index is 9.64. The van der Waals surface area contributed by atoms with Crippen molar-refractivity contribution in [3.05, 3.63) is 29.0 Å². The third-order valence-corrected chi connectivity index (χ3v) is 5.36. The number of aliphatic hydroxyl groups is 1. The molecule has 24 heavy (non-hydrogen) atoms. The van der Waals surface area contributed by atoms with E-state index in [1.54, 1.807) is 36.9 Å². The third kappa shape index (κ3) is 2.85. The zero-order valence-electron chi connectivity index (χ0n) is 13.5. The van der Waals surface area contributed by atoms with Gasteiger partial charge < -0.3 is 10.4 Å². The van der Waals surface area contributed by atoms with Gasteiger partial charge in [0.15, 0.2) is 5.82 Å². The predicted octanol–water partition coefficient (Wildman–Crippen LogP) is 2.82. The highest BCUT2D eigenvalue weighted by Gasteiger charge is 2.21. The lowest BCUT2D eigenvalue weighted by atomic mass is 9.97. The SMILES string of the molecule is CC(O)CNc1nc(-c2cnccn2)nc2sc3c(c12)CCCC3. The molecule has 7 heteroatoms. The number of rotatable bonds is 4. The molecule has 1 unspecified atom stereocenters. The van der Waals surface area contributed by atoms with E-state index in [4.69, 9.17) is 9.97 Å². The van der Waals surface area contributed by atoms with E-state index in [9.17, 15) is 5.11 Å². The number of aliphatic hydroxyl groups excluding tert-OH is 1. The molecule has 3 aromatic rings. The van der Waals surface area contributed by atoms with Crippen LogP contribution in [0.15, 0.2) is 18.6 Å². The van der Waals surface area contributed by atoms with Crippen molar-refractivity contribution in [2.75, 3.05) is 11.9 Å². The molecule has 0 radical (unpaired) electrons. The summed E-state index contributed by atoms with van der Waals surface area (Å²) in [5.74, 6) is 1.36. The van der Waals surface area contributed by atoms with Gasteiger partial charge in [0, 0.05) is 23.8 Å². The Morgan fingerprint density at radius 3 is 2.92 bits per heavy atom. The number of hydrogen-bond acceptors (Lipinski definition) is 7. The van der Waals surface area contributed by atoms with Crippen LogP contribution in [-0.2, 0) is 12.8 Å². The molecule has 4 rings (SSSR count). The average molecular weight is 341 g/mol. The van der Waals surface area contributed by atoms with Crippen LogP contribution >= 0.6 is 11.3 Å². The number of hydrogen-bond donors (Lipinski definition) is 2. The quantitative estimate of drug-likeness (QED) is 0.759. The fourth-order valence-electron chi connectivity index (χ4n) is 3.06. The molecule has 0 saturated heterocycles. The van der Waals surface area contributed by atoms with Crippen molar-refractivity contribution in [1.82, 2.24) is 19.9 Å². The number of nitrogens with one attached hydrogen (secondary N) is 1. The molecule has 6 nitrogen and oxygen atoms in total. The minimum Gasteiger partial charge on any atom is -0.392 e. The van der Waals surface area contributed by atoms with Crippen molar-refractivity contribution >= 4 is 27.4 Å². The standard InChI is InChI=1S/C17H19N5OS/c1-10(23)8-20-16-14-11-4-2-3-5-13(11)24-17(14)22-15(21-16)12-9-18-6-7-19-12/h6-7,9-10,23H,2-5,8H2,1H3,(H,20,21,22). The molecule has 0 aromatic carbocycles. The summed E-state index contributed by atoms with van der Waals surface area (Å²) in [6.07, 6.45) is 9.15. The first-order valence-corrected chi connectivity index (χ1v) is 9.04. The van der Waals surface area contributed by atoms with Gasteiger partial charge in [-0.2, -0.15) is 0 Å². The van der Waals surface area contributed by atoms with E-state index >= 15 is 0 Å². The van der Waals surface area contributed by atoms with Gasteiger partial charge >= 0.3 is 0 Å². The van der Waals surface area contributed by atoms with Gasteiger partial charge in [0.25, 0.3) is 0 Å². The molecule has 0 amide bonds. The molecule has 3 aromatic heterocycles. The van der Waals surface area contributed by atoms with Gasteiger partial charge in [-0.3, -0.25) is 4.98 Å². The number of thiophene rings is 1. The number of nitrogens with zero attached hydrogens (tertiary/aromatic N) is 4. The highest BCUT2D eigenvalue weighted by molar-refractivity contribution is 7.19. The molecule has 0 saturated carbocycles. The first-order valence-electron chi connectivity index (χ1n) is 8.23. The molecule has 1 aliphatic rings. The van der Waals surface area contributed by atoms with E-state index in [0.717, 1.165) is 28.9 Å². The average Bonchev–Trinajstić information content (AvgIpc) is 2.99. The normalized spacial score (nSPS) is 15.2. The third-order valence-electron chi connectivity index (χ3n) is 4.17. The summed E-state index contributed by atoms with van der Waals surface area (Å²) in [4.78, 5) is 20.3. The van der Waals surface area contributed by atoms with Crippen molar-refractivity contribution in [2.45, 2.75) is 38.7 Å². The maximum Gasteiger partial charge on any atom is 0.183 e. The summed E-state index contributed by atoms with van der Waals surface area (Å²) in [7, 11) is 0. The van der Waals surface area contributed by atoms with Crippen molar-refractivity contribution in [3.8, 4) is 11.5 Å². The van der Waals surface area contributed by atoms with Gasteiger partial charge in [0.05, 0.1) is 17.7 Å². The number of fused-ring (bicyclic) bond motifs is 3. The lowest BCUT2D eigenvalue weighted by Gasteiger charge is -2.14. The van der Waals surface area contributed by atoms with Crippen LogP contribution in [0.1, 0.15) is 30.2 Å². The second-order valence-electron chi connectivity index (χ2n) is 6.11. The fourth-order valence-corrected chi connectivity index (χ4v) is 4.32. The van der Waals surface area contributed by atoms with Crippen LogP contribution in [0.2, 0.25) is 0 Å². The molecule has 3 heterocycles. The molecular formula is C17H19N5OS. The van der Waals surface area contributed by atoms with E-state index in [-0.39, 0.29) is 0 Å². The summed E-state index contributed by atoms with van der Waals surface area (Å²) >= 11 is 1.76. The van der Waals surface area contributed by atoms with Gasteiger partial charge in [0.1, 0.15) is 16.3 Å². The van der Waals surface area contributed by atoms with E-state index < -0.39 is 6.10 Å². The van der Waals surface area contributed by atoms with E-state index in [1.165, 1.54) is 23.3 Å². The summed E-state index contributed by atoms with van der Waals surface area (Å²) in [5.41, 5.74) is 2.03. The van der Waals surface area contributed by atoms with Gasteiger partial charge in [-0.25, -0.2) is 15.0 Å². The van der Waals surface area contributed by atoms with Crippen LogP contribution in [0, 0.1) is 0 Å². The van der Waals surface area contributed by atoms with E-state index in [0.29, 0.717) is 18.1 Å². The highest BCUT2D eigenvalue weighted by atomic mass is 32.1. The number of aryl methyl sites for hydroxylation is 2. The Morgan fingerprint density at radius 1 is 1.25 bits per heavy atom. The number of anilines is 1. The van der Waals surface area contributed by atoms with E-state index in [1.807, 2.05) is 0 Å². The molecule has 2 N–H and O–H groups in total. The second-order valence-corrected chi connectivity index (χ2v) is 7.19. The van der Waals surface area contributed by atoms with Crippen molar-refractivity contribution in [3.63, 3.8) is 0 Å². The van der Waals surface area contributed by atoms with Crippen LogP contribution in [0.3, 0.4) is 0 Å². The zero-order chi connectivity index (χ0) is 16.5. The Kier molecular flexibility index (Phi) is 4.12. The topological polar surface area (TPSA) is 83.8 Å². The van der Waals surface area contributed by atoms with Crippen LogP contribution in [0.5, 0.6) is 0 Å². The summed E-state index contributed by atoms with van der Waals surface area (Å²) in [6.45, 7) is 2.22. The summed E-state index contributed by atoms with van der Waals surface area (Å²) in [5, 5.41) is 14.0. The fraction of sp³-hybridized carbons (Fsp3) is 0.412. The molecular weight excluding hydrogens is 322 g/mol. The minimum absolute atomic E-state index is 0.440. The molecule has 124 valence electrons. The summed E-state index contributed by atoms with van der Waals surface area (Å²) < 4.78 is 0.